The van der Waals surface area contributed by atoms with Crippen LogP contribution in [0.5, 0.6) is 0 Å². The average molecular weight is 416 g/mol. The van der Waals surface area contributed by atoms with Crippen LogP contribution in [0.1, 0.15) is 11.1 Å². The number of amides is 1. The Kier molecular flexibility index (Phi) is 5.04. The van der Waals surface area contributed by atoms with Gasteiger partial charge >= 0.3 is 5.69 Å². The van der Waals surface area contributed by atoms with Gasteiger partial charge in [-0.1, -0.05) is 24.3 Å². The first kappa shape index (κ1) is 19.4. The number of fused-ring (bicyclic) bond motifs is 1. The van der Waals surface area contributed by atoms with E-state index in [1.807, 2.05) is 25.1 Å². The summed E-state index contributed by atoms with van der Waals surface area (Å²) in [6.07, 6.45) is 0. The van der Waals surface area contributed by atoms with Crippen molar-refractivity contribution in [1.29, 1.82) is 5.26 Å². The van der Waals surface area contributed by atoms with E-state index in [9.17, 15) is 14.4 Å². The highest BCUT2D eigenvalue weighted by Gasteiger charge is 2.18. The van der Waals surface area contributed by atoms with Gasteiger partial charge in [-0.15, -0.1) is 11.3 Å². The van der Waals surface area contributed by atoms with E-state index in [2.05, 4.69) is 5.32 Å². The topological polar surface area (TPSA) is 96.9 Å². The highest BCUT2D eigenvalue weighted by molar-refractivity contribution is 7.17. The maximum atomic E-state index is 13.3. The SMILES string of the molecule is Cc1ccccc1-n1c(=O)c2sccc2n(CC(=O)Nc2cccc(C#N)c2)c1=O. The molecule has 2 aromatic heterocycles. The molecule has 0 saturated heterocycles. The summed E-state index contributed by atoms with van der Waals surface area (Å²) in [4.78, 5) is 38.9. The van der Waals surface area contributed by atoms with Gasteiger partial charge in [-0.3, -0.25) is 14.2 Å². The second kappa shape index (κ2) is 7.81. The first-order valence-electron chi connectivity index (χ1n) is 9.08. The van der Waals surface area contributed by atoms with Gasteiger partial charge in [0.15, 0.2) is 0 Å². The van der Waals surface area contributed by atoms with E-state index in [1.54, 1.807) is 47.8 Å². The number of thiophene rings is 1. The number of carbonyl (C=O) groups is 1. The lowest BCUT2D eigenvalue weighted by atomic mass is 10.2. The molecule has 8 heteroatoms. The van der Waals surface area contributed by atoms with Crippen LogP contribution in [-0.2, 0) is 11.3 Å². The molecular weight excluding hydrogens is 400 g/mol. The number of para-hydroxylation sites is 1. The molecule has 2 heterocycles. The predicted molar refractivity (Wildman–Crippen MR) is 116 cm³/mol. The molecule has 0 aliphatic heterocycles. The van der Waals surface area contributed by atoms with Crippen molar-refractivity contribution in [1.82, 2.24) is 9.13 Å². The number of hydrogen-bond donors (Lipinski definition) is 1. The van der Waals surface area contributed by atoms with Crippen molar-refractivity contribution in [2.45, 2.75) is 13.5 Å². The van der Waals surface area contributed by atoms with Gasteiger partial charge < -0.3 is 5.32 Å². The lowest BCUT2D eigenvalue weighted by molar-refractivity contribution is -0.116. The Bertz CT molecular complexity index is 1440. The summed E-state index contributed by atoms with van der Waals surface area (Å²) < 4.78 is 2.80. The smallest absolute Gasteiger partial charge is 0.324 e. The van der Waals surface area contributed by atoms with Crippen LogP contribution in [0.2, 0.25) is 0 Å². The molecule has 148 valence electrons. The Hall–Kier alpha value is -3.96. The summed E-state index contributed by atoms with van der Waals surface area (Å²) >= 11 is 1.23. The zero-order valence-corrected chi connectivity index (χ0v) is 16.8. The number of aryl methyl sites for hydroxylation is 1. The number of benzene rings is 2. The molecule has 0 bridgehead atoms. The van der Waals surface area contributed by atoms with Crippen molar-refractivity contribution in [2.75, 3.05) is 5.32 Å². The molecule has 0 aliphatic carbocycles. The zero-order chi connectivity index (χ0) is 21.3. The van der Waals surface area contributed by atoms with Crippen LogP contribution >= 0.6 is 11.3 Å². The highest BCUT2D eigenvalue weighted by Crippen LogP contribution is 2.18. The maximum Gasteiger partial charge on any atom is 0.336 e. The van der Waals surface area contributed by atoms with E-state index < -0.39 is 17.2 Å². The van der Waals surface area contributed by atoms with Gasteiger partial charge in [-0.25, -0.2) is 9.36 Å². The van der Waals surface area contributed by atoms with E-state index in [-0.39, 0.29) is 6.54 Å². The van der Waals surface area contributed by atoms with Crippen molar-refractivity contribution in [3.63, 3.8) is 0 Å². The van der Waals surface area contributed by atoms with Crippen molar-refractivity contribution in [3.05, 3.63) is 91.9 Å². The standard InChI is InChI=1S/C22H16N4O3S/c1-14-5-2-3-8-17(14)26-21(28)20-18(9-10-30-20)25(22(26)29)13-19(27)24-16-7-4-6-15(11-16)12-23/h2-11H,13H2,1H3,(H,24,27). The number of nitrogens with one attached hydrogen (secondary N) is 1. The molecular formula is C22H16N4O3S. The Morgan fingerprint density at radius 3 is 2.70 bits per heavy atom. The van der Waals surface area contributed by atoms with Crippen LogP contribution in [0, 0.1) is 18.3 Å². The van der Waals surface area contributed by atoms with Crippen molar-refractivity contribution in [2.24, 2.45) is 0 Å². The minimum Gasteiger partial charge on any atom is -0.324 e. The van der Waals surface area contributed by atoms with Gasteiger partial charge in [0, 0.05) is 5.69 Å². The molecule has 0 aliphatic rings. The second-order valence-electron chi connectivity index (χ2n) is 6.67. The Labute approximate surface area is 175 Å². The first-order chi connectivity index (χ1) is 14.5. The number of nitriles is 1. The largest absolute Gasteiger partial charge is 0.336 e. The zero-order valence-electron chi connectivity index (χ0n) is 16.0. The third-order valence-electron chi connectivity index (χ3n) is 4.69. The van der Waals surface area contributed by atoms with Gasteiger partial charge in [-0.05, 0) is 48.2 Å². The number of hydrogen-bond acceptors (Lipinski definition) is 5. The fraction of sp³-hybridized carbons (Fsp3) is 0.0909. The number of aromatic nitrogens is 2. The van der Waals surface area contributed by atoms with Crippen molar-refractivity contribution < 1.29 is 4.79 Å². The first-order valence-corrected chi connectivity index (χ1v) is 9.96. The minimum atomic E-state index is -0.582. The molecule has 0 radical (unpaired) electrons. The fourth-order valence-electron chi connectivity index (χ4n) is 3.28. The van der Waals surface area contributed by atoms with Gasteiger partial charge in [-0.2, -0.15) is 5.26 Å². The summed E-state index contributed by atoms with van der Waals surface area (Å²) in [6.45, 7) is 1.55. The number of carbonyl (C=O) groups excluding carboxylic acids is 1. The van der Waals surface area contributed by atoms with E-state index >= 15 is 0 Å². The summed E-state index contributed by atoms with van der Waals surface area (Å²) in [5, 5.41) is 13.4. The van der Waals surface area contributed by atoms with Crippen LogP contribution in [0.4, 0.5) is 5.69 Å². The Balaban J connectivity index is 1.79. The third kappa shape index (κ3) is 3.43. The summed E-state index contributed by atoms with van der Waals surface area (Å²) in [5.41, 5.74) is 1.56. The number of anilines is 1. The molecule has 7 nitrogen and oxygen atoms in total. The van der Waals surface area contributed by atoms with Gasteiger partial charge in [0.25, 0.3) is 5.56 Å². The van der Waals surface area contributed by atoms with E-state index in [0.29, 0.717) is 27.2 Å². The molecule has 0 saturated carbocycles. The lowest BCUT2D eigenvalue weighted by Crippen LogP contribution is -2.40. The summed E-state index contributed by atoms with van der Waals surface area (Å²) in [7, 11) is 0. The van der Waals surface area contributed by atoms with Crippen molar-refractivity contribution >= 4 is 33.1 Å². The van der Waals surface area contributed by atoms with Crippen LogP contribution in [0.15, 0.2) is 69.6 Å². The van der Waals surface area contributed by atoms with E-state index in [0.717, 1.165) is 10.1 Å². The summed E-state index contributed by atoms with van der Waals surface area (Å²) in [5.74, 6) is -0.435. The molecule has 1 amide bonds. The van der Waals surface area contributed by atoms with Gasteiger partial charge in [0.05, 0.1) is 22.8 Å². The Morgan fingerprint density at radius 1 is 1.13 bits per heavy atom. The molecule has 1 N–H and O–H groups in total. The lowest BCUT2D eigenvalue weighted by Gasteiger charge is -2.14. The quantitative estimate of drug-likeness (QED) is 0.553. The van der Waals surface area contributed by atoms with Gasteiger partial charge in [0.1, 0.15) is 11.2 Å². The van der Waals surface area contributed by atoms with E-state index in [4.69, 9.17) is 5.26 Å². The molecule has 30 heavy (non-hydrogen) atoms. The molecule has 0 fully saturated rings. The monoisotopic (exact) mass is 416 g/mol. The molecule has 4 aromatic rings. The average Bonchev–Trinajstić information content (AvgIpc) is 3.23. The predicted octanol–water partition coefficient (Wildman–Crippen LogP) is 3.03. The number of rotatable bonds is 4. The maximum absolute atomic E-state index is 13.3. The molecule has 0 spiro atoms. The van der Waals surface area contributed by atoms with Crippen LogP contribution in [0.25, 0.3) is 15.9 Å². The number of nitrogens with zero attached hydrogens (tertiary/aromatic N) is 3. The normalized spacial score (nSPS) is 10.7. The fourth-order valence-corrected chi connectivity index (χ4v) is 4.10. The molecule has 4 rings (SSSR count). The third-order valence-corrected chi connectivity index (χ3v) is 5.58. The second-order valence-corrected chi connectivity index (χ2v) is 7.59. The minimum absolute atomic E-state index is 0.269. The van der Waals surface area contributed by atoms with Crippen LogP contribution in [-0.4, -0.2) is 15.0 Å². The molecule has 2 aromatic carbocycles. The molecule has 0 atom stereocenters. The van der Waals surface area contributed by atoms with Crippen molar-refractivity contribution in [3.8, 4) is 11.8 Å². The van der Waals surface area contributed by atoms with E-state index in [1.165, 1.54) is 15.9 Å². The van der Waals surface area contributed by atoms with Gasteiger partial charge in [0.2, 0.25) is 5.91 Å². The molecule has 0 unspecified atom stereocenters. The van der Waals surface area contributed by atoms with Crippen LogP contribution < -0.4 is 16.6 Å². The Morgan fingerprint density at radius 2 is 1.93 bits per heavy atom. The van der Waals surface area contributed by atoms with Crippen LogP contribution in [0.3, 0.4) is 0 Å². The highest BCUT2D eigenvalue weighted by atomic mass is 32.1. The summed E-state index contributed by atoms with van der Waals surface area (Å²) in [6, 6.07) is 17.3.